The fourth-order valence-corrected chi connectivity index (χ4v) is 3.38. The Morgan fingerprint density at radius 3 is 3.00 bits per heavy atom. The van der Waals surface area contributed by atoms with Crippen LogP contribution in [0.3, 0.4) is 0 Å². The fourth-order valence-electron chi connectivity index (χ4n) is 3.38. The molecule has 7 nitrogen and oxygen atoms in total. The summed E-state index contributed by atoms with van der Waals surface area (Å²) in [5.41, 5.74) is 10.4. The highest BCUT2D eigenvalue weighted by Crippen LogP contribution is 2.32. The largest absolute Gasteiger partial charge is 0.478 e. The molecule has 2 aromatic rings. The van der Waals surface area contributed by atoms with Crippen LogP contribution in [0.4, 0.5) is 5.69 Å². The maximum atomic E-state index is 11.0. The average molecular weight is 325 g/mol. The lowest BCUT2D eigenvalue weighted by atomic mass is 10.0. The van der Waals surface area contributed by atoms with Gasteiger partial charge in [0.1, 0.15) is 0 Å². The van der Waals surface area contributed by atoms with Gasteiger partial charge in [0.2, 0.25) is 0 Å². The minimum Gasteiger partial charge on any atom is -0.478 e. The number of benzene rings is 1. The Balaban J connectivity index is 1.65. The Bertz CT molecular complexity index is 898. The molecule has 1 atom stereocenters. The molecule has 0 saturated carbocycles. The predicted octanol–water partition coefficient (Wildman–Crippen LogP) is 1.42. The van der Waals surface area contributed by atoms with E-state index in [1.54, 1.807) is 0 Å². The first-order valence-electron chi connectivity index (χ1n) is 7.87. The fraction of sp³-hybridized carbons (Fsp3) is 0.294. The van der Waals surface area contributed by atoms with Gasteiger partial charge in [0.25, 0.3) is 0 Å². The van der Waals surface area contributed by atoms with Gasteiger partial charge in [-0.2, -0.15) is 0 Å². The van der Waals surface area contributed by atoms with Crippen LogP contribution in [0.5, 0.6) is 0 Å². The van der Waals surface area contributed by atoms with Crippen molar-refractivity contribution in [3.8, 4) is 0 Å². The molecule has 4 rings (SSSR count). The number of fused-ring (bicyclic) bond motifs is 3. The summed E-state index contributed by atoms with van der Waals surface area (Å²) < 4.78 is 0. The Morgan fingerprint density at radius 1 is 1.46 bits per heavy atom. The second-order valence-electron chi connectivity index (χ2n) is 6.39. The van der Waals surface area contributed by atoms with Crippen LogP contribution in [-0.2, 0) is 17.8 Å². The standard InChI is InChI=1S/C17H19N5O2/c1-17(19-7-10(8-20-17)16(23)24)22-5-4-15-13(9-22)12-6-11(18)2-3-14(12)21-15/h2-3,6-8,19,21H,4-5,9,18H2,1H3,(H,23,24). The highest BCUT2D eigenvalue weighted by molar-refractivity contribution is 6.08. The van der Waals surface area contributed by atoms with Gasteiger partial charge in [0, 0.05) is 54.2 Å². The number of nitrogens with one attached hydrogen (secondary N) is 2. The Labute approximate surface area is 138 Å². The summed E-state index contributed by atoms with van der Waals surface area (Å²) >= 11 is 0. The predicted molar refractivity (Wildman–Crippen MR) is 92.6 cm³/mol. The Kier molecular flexibility index (Phi) is 3.14. The maximum Gasteiger partial charge on any atom is 0.338 e. The minimum absolute atomic E-state index is 0.157. The molecule has 0 fully saturated rings. The second-order valence-corrected chi connectivity index (χ2v) is 6.39. The molecular weight excluding hydrogens is 306 g/mol. The zero-order valence-corrected chi connectivity index (χ0v) is 13.3. The van der Waals surface area contributed by atoms with E-state index < -0.39 is 11.8 Å². The summed E-state index contributed by atoms with van der Waals surface area (Å²) in [6.45, 7) is 3.50. The summed E-state index contributed by atoms with van der Waals surface area (Å²) in [5.74, 6) is -1.64. The van der Waals surface area contributed by atoms with Crippen LogP contribution in [0.15, 0.2) is 35.0 Å². The highest BCUT2D eigenvalue weighted by Gasteiger charge is 2.35. The SMILES string of the molecule is CC1(N2CCc3[nH]c4ccc(N)cc4c3C2)N=CC(C(=O)O)=CN1. The van der Waals surface area contributed by atoms with E-state index in [-0.39, 0.29) is 5.57 Å². The van der Waals surface area contributed by atoms with Crippen molar-refractivity contribution in [1.29, 1.82) is 0 Å². The Morgan fingerprint density at radius 2 is 2.29 bits per heavy atom. The number of carboxylic acid groups (broad SMARTS) is 1. The molecule has 124 valence electrons. The number of H-pyrrole nitrogens is 1. The van der Waals surface area contributed by atoms with Gasteiger partial charge in [-0.3, -0.25) is 4.90 Å². The number of nitrogens with zero attached hydrogens (tertiary/aromatic N) is 2. The maximum absolute atomic E-state index is 11.0. The number of nitrogen functional groups attached to an aromatic ring is 1. The number of aliphatic carboxylic acids is 1. The zero-order chi connectivity index (χ0) is 16.9. The van der Waals surface area contributed by atoms with Gasteiger partial charge in [-0.25, -0.2) is 9.79 Å². The average Bonchev–Trinajstić information content (AvgIpc) is 2.92. The molecule has 1 unspecified atom stereocenters. The highest BCUT2D eigenvalue weighted by atomic mass is 16.4. The molecular formula is C17H19N5O2. The topological polar surface area (TPSA) is 107 Å². The van der Waals surface area contributed by atoms with Crippen LogP contribution in [-0.4, -0.2) is 39.5 Å². The van der Waals surface area contributed by atoms with Crippen molar-refractivity contribution in [2.75, 3.05) is 12.3 Å². The van der Waals surface area contributed by atoms with Crippen molar-refractivity contribution >= 4 is 28.8 Å². The van der Waals surface area contributed by atoms with E-state index in [9.17, 15) is 4.79 Å². The first kappa shape index (κ1) is 14.8. The van der Waals surface area contributed by atoms with E-state index in [2.05, 4.69) is 20.2 Å². The number of aromatic amines is 1. The normalized spacial score (nSPS) is 23.6. The molecule has 1 aromatic heterocycles. The number of carbonyl (C=O) groups is 1. The minimum atomic E-state index is -0.985. The number of aromatic nitrogens is 1. The number of aliphatic imine (C=N–C) groups is 1. The summed E-state index contributed by atoms with van der Waals surface area (Å²) in [7, 11) is 0. The van der Waals surface area contributed by atoms with Gasteiger partial charge >= 0.3 is 5.97 Å². The van der Waals surface area contributed by atoms with Crippen LogP contribution in [0, 0.1) is 0 Å². The third-order valence-electron chi connectivity index (χ3n) is 4.82. The number of hydrogen-bond acceptors (Lipinski definition) is 5. The summed E-state index contributed by atoms with van der Waals surface area (Å²) in [5, 5.41) is 13.3. The van der Waals surface area contributed by atoms with Crippen LogP contribution < -0.4 is 11.1 Å². The van der Waals surface area contributed by atoms with E-state index in [4.69, 9.17) is 10.8 Å². The molecule has 0 saturated heterocycles. The Hall–Kier alpha value is -2.80. The summed E-state index contributed by atoms with van der Waals surface area (Å²) in [4.78, 5) is 21.1. The second kappa shape index (κ2) is 5.10. The first-order valence-corrected chi connectivity index (χ1v) is 7.87. The van der Waals surface area contributed by atoms with E-state index >= 15 is 0 Å². The summed E-state index contributed by atoms with van der Waals surface area (Å²) in [6.07, 6.45) is 3.81. The smallest absolute Gasteiger partial charge is 0.338 e. The molecule has 0 amide bonds. The van der Waals surface area contributed by atoms with Gasteiger partial charge in [0.05, 0.1) is 5.57 Å². The molecule has 0 bridgehead atoms. The van der Waals surface area contributed by atoms with E-state index in [0.29, 0.717) is 0 Å². The van der Waals surface area contributed by atoms with Gasteiger partial charge in [-0.05, 0) is 30.7 Å². The van der Waals surface area contributed by atoms with Crippen molar-refractivity contribution in [3.63, 3.8) is 0 Å². The number of rotatable bonds is 2. The molecule has 24 heavy (non-hydrogen) atoms. The molecule has 2 aliphatic heterocycles. The van der Waals surface area contributed by atoms with Crippen molar-refractivity contribution < 1.29 is 9.90 Å². The van der Waals surface area contributed by atoms with E-state index in [1.165, 1.54) is 23.7 Å². The lowest BCUT2D eigenvalue weighted by Crippen LogP contribution is -2.56. The van der Waals surface area contributed by atoms with Crippen LogP contribution in [0.2, 0.25) is 0 Å². The van der Waals surface area contributed by atoms with Crippen LogP contribution >= 0.6 is 0 Å². The van der Waals surface area contributed by atoms with Crippen LogP contribution in [0.25, 0.3) is 10.9 Å². The number of anilines is 1. The third kappa shape index (κ3) is 2.25. The van der Waals surface area contributed by atoms with Gasteiger partial charge in [-0.1, -0.05) is 0 Å². The van der Waals surface area contributed by atoms with Crippen molar-refractivity contribution in [3.05, 3.63) is 41.2 Å². The molecule has 0 spiro atoms. The van der Waals surface area contributed by atoms with Gasteiger partial charge in [-0.15, -0.1) is 0 Å². The lowest BCUT2D eigenvalue weighted by molar-refractivity contribution is -0.132. The van der Waals surface area contributed by atoms with Crippen molar-refractivity contribution in [1.82, 2.24) is 15.2 Å². The molecule has 7 heteroatoms. The molecule has 5 N–H and O–H groups in total. The molecule has 2 aliphatic rings. The molecule has 0 radical (unpaired) electrons. The monoisotopic (exact) mass is 325 g/mol. The van der Waals surface area contributed by atoms with Gasteiger partial charge < -0.3 is 21.1 Å². The molecule has 3 heterocycles. The lowest BCUT2D eigenvalue weighted by Gasteiger charge is -2.41. The summed E-state index contributed by atoms with van der Waals surface area (Å²) in [6, 6.07) is 5.90. The number of nitrogens with two attached hydrogens (primary N) is 1. The van der Waals surface area contributed by atoms with Crippen LogP contribution in [0.1, 0.15) is 18.2 Å². The quantitative estimate of drug-likeness (QED) is 0.625. The van der Waals surface area contributed by atoms with E-state index in [0.717, 1.165) is 36.1 Å². The molecule has 0 aliphatic carbocycles. The van der Waals surface area contributed by atoms with Gasteiger partial charge in [0.15, 0.2) is 5.79 Å². The van der Waals surface area contributed by atoms with Crippen molar-refractivity contribution in [2.24, 2.45) is 4.99 Å². The number of hydrogen-bond donors (Lipinski definition) is 4. The van der Waals surface area contributed by atoms with Crippen molar-refractivity contribution in [2.45, 2.75) is 25.7 Å². The first-order chi connectivity index (χ1) is 11.5. The third-order valence-corrected chi connectivity index (χ3v) is 4.82. The van der Waals surface area contributed by atoms with E-state index in [1.807, 2.05) is 25.1 Å². The molecule has 1 aromatic carbocycles. The zero-order valence-electron chi connectivity index (χ0n) is 13.3. The number of carboxylic acids is 1.